The minimum absolute atomic E-state index is 0.441. The van der Waals surface area contributed by atoms with E-state index < -0.39 is 0 Å². The van der Waals surface area contributed by atoms with Crippen LogP contribution in [0.3, 0.4) is 0 Å². The Morgan fingerprint density at radius 3 is 1.00 bits per heavy atom. The van der Waals surface area contributed by atoms with Gasteiger partial charge in [0.05, 0.1) is 44.6 Å². The van der Waals surface area contributed by atoms with Crippen molar-refractivity contribution in [1.82, 2.24) is 9.13 Å². The van der Waals surface area contributed by atoms with E-state index in [4.69, 9.17) is 0 Å². The topological polar surface area (TPSA) is 57.4 Å². The molecule has 76 heavy (non-hydrogen) atoms. The van der Waals surface area contributed by atoms with Gasteiger partial charge < -0.3 is 9.13 Å². The van der Waals surface area contributed by atoms with Crippen molar-refractivity contribution in [3.05, 3.63) is 217 Å². The van der Waals surface area contributed by atoms with Crippen LogP contribution in [0.1, 0.15) is 11.1 Å². The highest BCUT2D eigenvalue weighted by Gasteiger charge is 2.33. The smallest absolute Gasteiger partial charge is 0.102 e. The van der Waals surface area contributed by atoms with Gasteiger partial charge in [-0.2, -0.15) is 10.5 Å². The fourth-order valence-corrected chi connectivity index (χ4v) is 17.0. The summed E-state index contributed by atoms with van der Waals surface area (Å²) in [5, 5.41) is 38.6. The van der Waals surface area contributed by atoms with Gasteiger partial charge in [0.15, 0.2) is 0 Å². The van der Waals surface area contributed by atoms with Crippen molar-refractivity contribution < 1.29 is 0 Å². The van der Waals surface area contributed by atoms with Crippen LogP contribution < -0.4 is 0 Å². The van der Waals surface area contributed by atoms with Gasteiger partial charge in [0.1, 0.15) is 12.1 Å². The molecule has 0 saturated carbocycles. The predicted molar refractivity (Wildman–Crippen MR) is 327 cm³/mol. The lowest BCUT2D eigenvalue weighted by molar-refractivity contribution is 1.12. The lowest BCUT2D eigenvalue weighted by Crippen LogP contribution is -2.11. The first-order valence-electron chi connectivity index (χ1n) is 25.2. The fraction of sp³-hybridized carbons (Fsp3) is 0. The van der Waals surface area contributed by atoms with Crippen molar-refractivity contribution in [3.8, 4) is 45.8 Å². The molecule has 0 saturated heterocycles. The van der Waals surface area contributed by atoms with Crippen LogP contribution in [-0.4, -0.2) is 9.13 Å². The zero-order valence-electron chi connectivity index (χ0n) is 40.1. The molecule has 8 heteroatoms. The van der Waals surface area contributed by atoms with Gasteiger partial charge in [-0.05, 0) is 96.1 Å². The summed E-state index contributed by atoms with van der Waals surface area (Å²) in [7, 11) is 0. The molecule has 0 aliphatic rings. The first kappa shape index (κ1) is 42.3. The number of aromatic nitrogens is 2. The van der Waals surface area contributed by atoms with Crippen LogP contribution in [0.4, 0.5) is 0 Å². The second-order valence-electron chi connectivity index (χ2n) is 19.7. The normalized spacial score (nSPS) is 12.2. The molecule has 4 nitrogen and oxygen atoms in total. The Labute approximate surface area is 449 Å². The molecule has 0 N–H and O–H groups in total. The molecule has 17 aromatic rings. The molecule has 6 aromatic heterocycles. The summed E-state index contributed by atoms with van der Waals surface area (Å²) in [5.74, 6) is 0. The number of hydrogen-bond acceptors (Lipinski definition) is 6. The molecule has 0 unspecified atom stereocenters. The number of thiophene rings is 4. The van der Waals surface area contributed by atoms with E-state index >= 15 is 0 Å². The number of fused-ring (bicyclic) bond motifs is 18. The number of nitriles is 2. The SMILES string of the molecule is N#Cc1c(-c2ccc3sc4ccccc4c3c2)c(C#N)c(-n2c3ccccc3c3cc4c(cc32)sc2ccccc24)c(-c2ccc3sc4ccccc4c3c2)c1-n1c2ccccc2c2cc3c(cc21)sc1ccccc13. The van der Waals surface area contributed by atoms with Crippen molar-refractivity contribution in [3.63, 3.8) is 0 Å². The van der Waals surface area contributed by atoms with Crippen LogP contribution in [-0.2, 0) is 0 Å². The van der Waals surface area contributed by atoms with Gasteiger partial charge in [-0.25, -0.2) is 0 Å². The molecule has 0 atom stereocenters. The molecule has 0 radical (unpaired) electrons. The third-order valence-corrected chi connectivity index (χ3v) is 20.4. The summed E-state index contributed by atoms with van der Waals surface area (Å²) in [6, 6.07) is 80.2. The molecule has 6 heterocycles. The summed E-state index contributed by atoms with van der Waals surface area (Å²) in [5.41, 5.74) is 9.47. The Morgan fingerprint density at radius 1 is 0.263 bits per heavy atom. The van der Waals surface area contributed by atoms with Crippen LogP contribution in [0, 0.1) is 22.7 Å². The summed E-state index contributed by atoms with van der Waals surface area (Å²) in [6.45, 7) is 0. The minimum atomic E-state index is 0.441. The zero-order chi connectivity index (χ0) is 49.9. The number of hydrogen-bond donors (Lipinski definition) is 0. The number of benzene rings is 11. The maximum absolute atomic E-state index is 12.4. The fourth-order valence-electron chi connectivity index (χ4n) is 12.6. The maximum atomic E-state index is 12.4. The Hall–Kier alpha value is -9.12. The Balaban J connectivity index is 1.13. The average Bonchev–Trinajstić information content (AvgIpc) is 4.45. The monoisotopic (exact) mass is 1030 g/mol. The molecule has 0 amide bonds. The van der Waals surface area contributed by atoms with Crippen molar-refractivity contribution in [1.29, 1.82) is 10.5 Å². The van der Waals surface area contributed by atoms with Crippen molar-refractivity contribution in [2.45, 2.75) is 0 Å². The minimum Gasteiger partial charge on any atom is -0.307 e. The lowest BCUT2D eigenvalue weighted by atomic mass is 9.85. The molecule has 350 valence electrons. The second kappa shape index (κ2) is 15.7. The van der Waals surface area contributed by atoms with Crippen molar-refractivity contribution in [2.75, 3.05) is 0 Å². The maximum Gasteiger partial charge on any atom is 0.102 e. The van der Waals surface area contributed by atoms with Crippen LogP contribution in [0.25, 0.3) is 158 Å². The first-order chi connectivity index (χ1) is 37.6. The molecule has 17 rings (SSSR count). The largest absolute Gasteiger partial charge is 0.307 e. The van der Waals surface area contributed by atoms with Gasteiger partial charge in [0.2, 0.25) is 0 Å². The third kappa shape index (κ3) is 5.73. The molecule has 0 aliphatic heterocycles. The van der Waals surface area contributed by atoms with Crippen molar-refractivity contribution >= 4 is 170 Å². The van der Waals surface area contributed by atoms with Crippen LogP contribution in [0.2, 0.25) is 0 Å². The van der Waals surface area contributed by atoms with E-state index in [0.717, 1.165) is 92.5 Å². The van der Waals surface area contributed by atoms with Gasteiger partial charge in [-0.1, -0.05) is 121 Å². The van der Waals surface area contributed by atoms with Gasteiger partial charge in [0.25, 0.3) is 0 Å². The predicted octanol–water partition coefficient (Wildman–Crippen LogP) is 20.4. The molecule has 11 aromatic carbocycles. The summed E-state index contributed by atoms with van der Waals surface area (Å²) >= 11 is 7.15. The van der Waals surface area contributed by atoms with Crippen LogP contribution >= 0.6 is 45.3 Å². The number of nitrogens with zero attached hydrogens (tertiary/aromatic N) is 4. The van der Waals surface area contributed by atoms with Gasteiger partial charge in [-0.3, -0.25) is 0 Å². The highest BCUT2D eigenvalue weighted by atomic mass is 32.1. The molecule has 0 spiro atoms. The van der Waals surface area contributed by atoms with Gasteiger partial charge in [0, 0.05) is 113 Å². The van der Waals surface area contributed by atoms with E-state index in [1.54, 1.807) is 45.3 Å². The summed E-state index contributed by atoms with van der Waals surface area (Å²) in [6.07, 6.45) is 0. The molecule has 0 bridgehead atoms. The highest BCUT2D eigenvalue weighted by molar-refractivity contribution is 7.27. The highest BCUT2D eigenvalue weighted by Crippen LogP contribution is 2.52. The van der Waals surface area contributed by atoms with Crippen molar-refractivity contribution in [2.24, 2.45) is 0 Å². The summed E-state index contributed by atoms with van der Waals surface area (Å²) in [4.78, 5) is 0. The first-order valence-corrected chi connectivity index (χ1v) is 28.4. The molecule has 0 aliphatic carbocycles. The quantitative estimate of drug-likeness (QED) is 0.176. The molecular weight excluding hydrogens is 1000 g/mol. The Bertz CT molecular complexity index is 5300. The molecule has 0 fully saturated rings. The number of rotatable bonds is 4. The van der Waals surface area contributed by atoms with E-state index in [9.17, 15) is 10.5 Å². The van der Waals surface area contributed by atoms with E-state index in [1.165, 1.54) is 59.8 Å². The lowest BCUT2D eigenvalue weighted by Gasteiger charge is -2.25. The van der Waals surface area contributed by atoms with E-state index in [2.05, 4.69) is 228 Å². The summed E-state index contributed by atoms with van der Waals surface area (Å²) < 4.78 is 14.3. The van der Waals surface area contributed by atoms with E-state index in [1.807, 2.05) is 0 Å². The van der Waals surface area contributed by atoms with E-state index in [-0.39, 0.29) is 0 Å². The number of para-hydroxylation sites is 2. The third-order valence-electron chi connectivity index (χ3n) is 15.8. The van der Waals surface area contributed by atoms with E-state index in [0.29, 0.717) is 16.7 Å². The second-order valence-corrected chi connectivity index (χ2v) is 24.0. The van der Waals surface area contributed by atoms with Crippen LogP contribution in [0.15, 0.2) is 206 Å². The van der Waals surface area contributed by atoms with Gasteiger partial charge in [-0.15, -0.1) is 45.3 Å². The Kier molecular flexibility index (Phi) is 8.73. The van der Waals surface area contributed by atoms with Gasteiger partial charge >= 0.3 is 0 Å². The van der Waals surface area contributed by atoms with Crippen LogP contribution in [0.5, 0.6) is 0 Å². The standard InChI is InChI=1S/C68H34N4S4/c69-35-51-65(37-25-27-61-47(29-37)41-15-3-9-21-57(41)73-61)52(36-70)68(72-54-20-8-2-14-40(54)46-32-50-44-18-6-12-24-60(44)76-64(50)34-56(46)72)66(38-26-28-62-48(30-38)42-16-4-10-22-58(42)74-62)67(51)71-53-19-7-1-13-39(53)45-31-49-43-17-5-11-23-59(43)75-63(49)33-55(45)71/h1-34H. The molecular formula is C68H34N4S4. The average molecular weight is 1040 g/mol. The zero-order valence-corrected chi connectivity index (χ0v) is 43.3. The Morgan fingerprint density at radius 2 is 0.592 bits per heavy atom.